The first-order valence-electron chi connectivity index (χ1n) is 1.35. The number of hydrogen-bond donors (Lipinski definition) is 0. The third kappa shape index (κ3) is 0.718. The average molecular weight is 104 g/mol. The minimum absolute atomic E-state index is 0.920. The number of nitrogens with one attached hydrogen (secondary N) is 1. The first kappa shape index (κ1) is 3.33. The Kier molecular flexibility index (Phi) is 1.03. The van der Waals surface area contributed by atoms with E-state index in [4.69, 9.17) is 0 Å². The largest absolute Gasteiger partial charge is 0.208 e. The summed E-state index contributed by atoms with van der Waals surface area (Å²) in [5.41, 5.74) is 0. The molecule has 0 aliphatic heterocycles. The summed E-state index contributed by atoms with van der Waals surface area (Å²) in [6.07, 6.45) is 1.99. The summed E-state index contributed by atoms with van der Waals surface area (Å²) >= 11 is 0. The molecule has 1 aromatic rings. The number of aromatic nitrogens is 1. The maximum atomic E-state index is 3.06. The maximum absolute atomic E-state index is 3.06. The molecule has 5 heavy (non-hydrogen) atoms. The predicted octanol–water partition coefficient (Wildman–Crippen LogP) is 1.11. The molecule has 1 nitrogen and oxygen atoms in total. The third-order valence-electron chi connectivity index (χ3n) is 0.362. The molecule has 0 saturated heterocycles. The van der Waals surface area contributed by atoms with Crippen molar-refractivity contribution in [1.82, 2.24) is 0 Å². The molecule has 0 aliphatic rings. The Bertz CT molecular complexity index is 64.1. The van der Waals surface area contributed by atoms with E-state index in [1.54, 1.807) is 0 Å². The summed E-state index contributed by atoms with van der Waals surface area (Å²) in [7, 11) is 2.35. The highest BCUT2D eigenvalue weighted by Gasteiger charge is 1.67. The second kappa shape index (κ2) is 1.55. The van der Waals surface area contributed by atoms with Crippen LogP contribution in [0.3, 0.4) is 0 Å². The average Bonchev–Trinajstić information content (AvgIpc) is 1.76. The van der Waals surface area contributed by atoms with Gasteiger partial charge in [0.1, 0.15) is 8.03 Å². The van der Waals surface area contributed by atoms with Crippen molar-refractivity contribution >= 4 is 15.9 Å². The Hall–Kier alpha value is 0.140. The third-order valence-corrected chi connectivity index (χ3v) is 2.31. The van der Waals surface area contributed by atoms with Gasteiger partial charge in [0.25, 0.3) is 0 Å². The van der Waals surface area contributed by atoms with Crippen LogP contribution in [0.2, 0.25) is 0 Å². The molecule has 0 bridgehead atoms. The zero-order valence-electron chi connectivity index (χ0n) is 2.60. The Labute approximate surface area is 33.6 Å². The Balaban J connectivity index is 3.13. The second-order valence-electron chi connectivity index (χ2n) is 0.701. The van der Waals surface area contributed by atoms with Gasteiger partial charge in [0.15, 0.2) is 6.20 Å². The summed E-state index contributed by atoms with van der Waals surface area (Å²) in [6, 6.07) is 0. The van der Waals surface area contributed by atoms with Gasteiger partial charge in [-0.2, -0.15) is 0 Å². The molecule has 0 saturated carbocycles. The standard InChI is InChI=1S/C2H3NP2/c1-2-4-5-3-1/h1-2,5H/p+1. The second-order valence-corrected chi connectivity index (χ2v) is 3.22. The van der Waals surface area contributed by atoms with E-state index >= 15 is 0 Å². The van der Waals surface area contributed by atoms with E-state index in [1.165, 1.54) is 7.87 Å². The smallest absolute Gasteiger partial charge is 0.173 e. The molecule has 26 valence electrons. The van der Waals surface area contributed by atoms with Crippen LogP contribution in [-0.2, 0) is 0 Å². The maximum Gasteiger partial charge on any atom is 0.173 e. The minimum Gasteiger partial charge on any atom is -0.208 e. The van der Waals surface area contributed by atoms with E-state index < -0.39 is 0 Å². The molecule has 0 aromatic carbocycles. The fraction of sp³-hybridized carbons (Fsp3) is 0. The molecule has 3 heteroatoms. The lowest BCUT2D eigenvalue weighted by Gasteiger charge is -1.33. The van der Waals surface area contributed by atoms with Gasteiger partial charge in [-0.25, -0.2) is 4.75 Å². The molecule has 0 spiro atoms. The summed E-state index contributed by atoms with van der Waals surface area (Å²) < 4.78 is 3.06. The van der Waals surface area contributed by atoms with Crippen LogP contribution in [0.15, 0.2) is 12.0 Å². The van der Waals surface area contributed by atoms with Crippen LogP contribution in [0, 0.1) is 0 Å². The molecule has 1 rings (SSSR count). The molecule has 0 fully saturated rings. The number of aromatic amines is 1. The van der Waals surface area contributed by atoms with Crippen molar-refractivity contribution in [3.8, 4) is 0 Å². The van der Waals surface area contributed by atoms with Crippen LogP contribution < -0.4 is 4.75 Å². The number of hydrogen-bond acceptors (Lipinski definition) is 0. The Morgan fingerprint density at radius 2 is 2.80 bits per heavy atom. The van der Waals surface area contributed by atoms with Gasteiger partial charge in [0.05, 0.1) is 0 Å². The normalized spacial score (nSPS) is 11.2. The van der Waals surface area contributed by atoms with E-state index in [2.05, 4.69) is 10.5 Å². The molecule has 0 radical (unpaired) electrons. The van der Waals surface area contributed by atoms with Crippen molar-refractivity contribution in [3.05, 3.63) is 12.0 Å². The van der Waals surface area contributed by atoms with Gasteiger partial charge < -0.3 is 0 Å². The fourth-order valence-electron chi connectivity index (χ4n) is 0.186. The highest BCUT2D eigenvalue weighted by molar-refractivity contribution is 7.86. The molecular formula is C2H4NP2+. The molecule has 1 aromatic heterocycles. The van der Waals surface area contributed by atoms with Gasteiger partial charge in [-0.15, -0.1) is 0 Å². The van der Waals surface area contributed by atoms with E-state index in [9.17, 15) is 0 Å². The van der Waals surface area contributed by atoms with Crippen molar-refractivity contribution in [1.29, 1.82) is 0 Å². The number of rotatable bonds is 0. The van der Waals surface area contributed by atoms with Gasteiger partial charge >= 0.3 is 0 Å². The first-order valence-corrected chi connectivity index (χ1v) is 4.16. The van der Waals surface area contributed by atoms with Crippen LogP contribution in [-0.4, -0.2) is 0 Å². The van der Waals surface area contributed by atoms with Crippen LogP contribution in [0.1, 0.15) is 0 Å². The monoisotopic (exact) mass is 104 g/mol. The Morgan fingerprint density at radius 3 is 3.00 bits per heavy atom. The Morgan fingerprint density at radius 1 is 1.80 bits per heavy atom. The van der Waals surface area contributed by atoms with E-state index in [1.807, 2.05) is 6.20 Å². The lowest BCUT2D eigenvalue weighted by molar-refractivity contribution is -0.286. The van der Waals surface area contributed by atoms with Gasteiger partial charge in [0, 0.05) is 13.7 Å². The topological polar surface area (TPSA) is 14.1 Å². The van der Waals surface area contributed by atoms with E-state index in [0.717, 1.165) is 8.03 Å². The van der Waals surface area contributed by atoms with Gasteiger partial charge in [0.2, 0.25) is 0 Å². The van der Waals surface area contributed by atoms with Crippen molar-refractivity contribution in [2.24, 2.45) is 0 Å². The fourth-order valence-corrected chi connectivity index (χ4v) is 1.68. The van der Waals surface area contributed by atoms with E-state index in [-0.39, 0.29) is 0 Å². The van der Waals surface area contributed by atoms with Gasteiger partial charge in [-0.05, 0) is 0 Å². The minimum atomic E-state index is 0.920. The summed E-state index contributed by atoms with van der Waals surface area (Å²) in [5.74, 6) is 2.11. The van der Waals surface area contributed by atoms with Crippen LogP contribution in [0.25, 0.3) is 0 Å². The zero-order valence-corrected chi connectivity index (χ0v) is 4.50. The quantitative estimate of drug-likeness (QED) is 0.468. The van der Waals surface area contributed by atoms with Gasteiger partial charge in [-0.1, -0.05) is 0 Å². The summed E-state index contributed by atoms with van der Waals surface area (Å²) in [5, 5.41) is 0. The SMILES string of the molecule is c1cp[pH][nH+]1. The van der Waals surface area contributed by atoms with Crippen LogP contribution >= 0.6 is 15.9 Å². The summed E-state index contributed by atoms with van der Waals surface area (Å²) in [4.78, 5) is 0. The summed E-state index contributed by atoms with van der Waals surface area (Å²) in [6.45, 7) is 0. The first-order chi connectivity index (χ1) is 2.50. The lowest BCUT2D eigenvalue weighted by atomic mass is 11.1. The zero-order chi connectivity index (χ0) is 3.54. The molecule has 0 aliphatic carbocycles. The van der Waals surface area contributed by atoms with Crippen LogP contribution in [0.5, 0.6) is 0 Å². The van der Waals surface area contributed by atoms with Crippen molar-refractivity contribution < 1.29 is 4.75 Å². The molecular weight excluding hydrogens is 100.0 g/mol. The lowest BCUT2D eigenvalue weighted by Crippen LogP contribution is -1.79. The number of H-pyrrole nitrogens is 1. The highest BCUT2D eigenvalue weighted by atomic mass is 31.8. The van der Waals surface area contributed by atoms with E-state index in [0.29, 0.717) is 0 Å². The van der Waals surface area contributed by atoms with Crippen molar-refractivity contribution in [2.75, 3.05) is 0 Å². The highest BCUT2D eigenvalue weighted by Crippen LogP contribution is 2.08. The van der Waals surface area contributed by atoms with Crippen LogP contribution in [0.4, 0.5) is 0 Å². The molecule has 1 unspecified atom stereocenters. The molecule has 1 heterocycles. The molecule has 1 N–H and O–H groups in total. The molecule has 0 amide bonds. The van der Waals surface area contributed by atoms with Gasteiger partial charge in [-0.3, -0.25) is 0 Å². The predicted molar refractivity (Wildman–Crippen MR) is 25.0 cm³/mol. The molecule has 1 atom stereocenters. The van der Waals surface area contributed by atoms with Crippen molar-refractivity contribution in [3.63, 3.8) is 0 Å². The van der Waals surface area contributed by atoms with Crippen molar-refractivity contribution in [2.45, 2.75) is 0 Å².